The fourth-order valence-corrected chi connectivity index (χ4v) is 1.87. The summed E-state index contributed by atoms with van der Waals surface area (Å²) < 4.78 is 0. The van der Waals surface area contributed by atoms with Gasteiger partial charge in [0.1, 0.15) is 0 Å². The van der Waals surface area contributed by atoms with Crippen LogP contribution < -0.4 is 16.0 Å². The fourth-order valence-electron chi connectivity index (χ4n) is 1.87. The Morgan fingerprint density at radius 1 is 1.21 bits per heavy atom. The van der Waals surface area contributed by atoms with Crippen molar-refractivity contribution in [3.05, 3.63) is 29.8 Å². The van der Waals surface area contributed by atoms with Crippen molar-refractivity contribution < 1.29 is 4.79 Å². The van der Waals surface area contributed by atoms with Crippen molar-refractivity contribution in [1.82, 2.24) is 5.32 Å². The van der Waals surface area contributed by atoms with E-state index in [2.05, 4.69) is 45.1 Å². The molecule has 0 saturated heterocycles. The number of benzene rings is 1. The summed E-state index contributed by atoms with van der Waals surface area (Å²) in [6.45, 7) is 9.47. The van der Waals surface area contributed by atoms with Crippen molar-refractivity contribution >= 4 is 11.6 Å². The average Bonchev–Trinajstić information content (AvgIpc) is 2.33. The van der Waals surface area contributed by atoms with Gasteiger partial charge in [-0.05, 0) is 31.5 Å². The van der Waals surface area contributed by atoms with Crippen LogP contribution in [0.2, 0.25) is 0 Å². The smallest absolute Gasteiger partial charge is 0.236 e. The van der Waals surface area contributed by atoms with E-state index in [0.29, 0.717) is 6.04 Å². The van der Waals surface area contributed by atoms with Crippen LogP contribution in [-0.4, -0.2) is 24.5 Å². The van der Waals surface area contributed by atoms with Crippen LogP contribution in [0.1, 0.15) is 33.3 Å². The molecule has 0 saturated carbocycles. The second-order valence-electron chi connectivity index (χ2n) is 5.39. The van der Waals surface area contributed by atoms with E-state index in [9.17, 15) is 4.79 Å². The summed E-state index contributed by atoms with van der Waals surface area (Å²) in [7, 11) is 0. The van der Waals surface area contributed by atoms with E-state index in [1.165, 1.54) is 5.56 Å². The Balaban J connectivity index is 2.74. The topological polar surface area (TPSA) is 58.4 Å². The number of nitrogens with zero attached hydrogens (tertiary/aromatic N) is 1. The number of carbonyl (C=O) groups is 1. The highest BCUT2D eigenvalue weighted by atomic mass is 16.1. The highest BCUT2D eigenvalue weighted by Gasteiger charge is 2.12. The standard InChI is InChI=1S/C15H25N3O/c1-11(2)17-9-13-5-7-14(8-6-13)18(12(3)4)10-15(16)19/h5-8,11-12,17H,9-10H2,1-4H3,(H2,16,19). The van der Waals surface area contributed by atoms with Gasteiger partial charge in [0.2, 0.25) is 5.91 Å². The number of amides is 1. The van der Waals surface area contributed by atoms with Gasteiger partial charge < -0.3 is 16.0 Å². The highest BCUT2D eigenvalue weighted by molar-refractivity contribution is 5.79. The summed E-state index contributed by atoms with van der Waals surface area (Å²) in [6, 6.07) is 8.97. The van der Waals surface area contributed by atoms with Crippen LogP contribution in [0.3, 0.4) is 0 Å². The summed E-state index contributed by atoms with van der Waals surface area (Å²) >= 11 is 0. The maximum atomic E-state index is 11.1. The number of rotatable bonds is 7. The first-order chi connectivity index (χ1) is 8.90. The zero-order valence-corrected chi connectivity index (χ0v) is 12.3. The Bertz CT molecular complexity index is 398. The molecule has 0 bridgehead atoms. The zero-order valence-electron chi connectivity index (χ0n) is 12.3. The van der Waals surface area contributed by atoms with Crippen LogP contribution in [0.4, 0.5) is 5.69 Å². The van der Waals surface area contributed by atoms with Gasteiger partial charge in [0.15, 0.2) is 0 Å². The molecule has 0 fully saturated rings. The lowest BCUT2D eigenvalue weighted by Gasteiger charge is -2.27. The predicted molar refractivity (Wildman–Crippen MR) is 80.1 cm³/mol. The maximum absolute atomic E-state index is 11.1. The van der Waals surface area contributed by atoms with Crippen LogP contribution in [0.15, 0.2) is 24.3 Å². The first-order valence-corrected chi connectivity index (χ1v) is 6.77. The number of hydrogen-bond acceptors (Lipinski definition) is 3. The highest BCUT2D eigenvalue weighted by Crippen LogP contribution is 2.17. The molecule has 0 atom stereocenters. The largest absolute Gasteiger partial charge is 0.368 e. The molecule has 106 valence electrons. The summed E-state index contributed by atoms with van der Waals surface area (Å²) in [5.74, 6) is -0.306. The third kappa shape index (κ3) is 5.30. The number of nitrogens with one attached hydrogen (secondary N) is 1. The summed E-state index contributed by atoms with van der Waals surface area (Å²) in [5, 5.41) is 3.38. The van der Waals surface area contributed by atoms with Gasteiger partial charge in [-0.3, -0.25) is 4.79 Å². The minimum Gasteiger partial charge on any atom is -0.368 e. The van der Waals surface area contributed by atoms with Gasteiger partial charge in [0.25, 0.3) is 0 Å². The van der Waals surface area contributed by atoms with Crippen molar-refractivity contribution in [2.24, 2.45) is 5.73 Å². The maximum Gasteiger partial charge on any atom is 0.236 e. The minimum atomic E-state index is -0.306. The van der Waals surface area contributed by atoms with E-state index in [4.69, 9.17) is 5.73 Å². The van der Waals surface area contributed by atoms with Gasteiger partial charge in [0.05, 0.1) is 6.54 Å². The number of carbonyl (C=O) groups excluding carboxylic acids is 1. The molecule has 1 aromatic carbocycles. The Morgan fingerprint density at radius 2 is 1.79 bits per heavy atom. The van der Waals surface area contributed by atoms with Crippen LogP contribution in [0.5, 0.6) is 0 Å². The van der Waals surface area contributed by atoms with E-state index in [-0.39, 0.29) is 18.5 Å². The average molecular weight is 263 g/mol. The number of nitrogens with two attached hydrogens (primary N) is 1. The minimum absolute atomic E-state index is 0.243. The summed E-state index contributed by atoms with van der Waals surface area (Å²) in [6.07, 6.45) is 0. The van der Waals surface area contributed by atoms with Gasteiger partial charge in [-0.2, -0.15) is 0 Å². The number of anilines is 1. The SMILES string of the molecule is CC(C)NCc1ccc(N(CC(N)=O)C(C)C)cc1. The first-order valence-electron chi connectivity index (χ1n) is 6.77. The molecule has 1 amide bonds. The van der Waals surface area contributed by atoms with Crippen molar-refractivity contribution in [2.45, 2.75) is 46.3 Å². The van der Waals surface area contributed by atoms with Crippen LogP contribution in [0, 0.1) is 0 Å². The van der Waals surface area contributed by atoms with Gasteiger partial charge in [-0.25, -0.2) is 0 Å². The molecule has 3 N–H and O–H groups in total. The van der Waals surface area contributed by atoms with Gasteiger partial charge >= 0.3 is 0 Å². The monoisotopic (exact) mass is 263 g/mol. The van der Waals surface area contributed by atoms with Crippen LogP contribution >= 0.6 is 0 Å². The van der Waals surface area contributed by atoms with E-state index in [0.717, 1.165) is 12.2 Å². The van der Waals surface area contributed by atoms with Gasteiger partial charge in [-0.1, -0.05) is 26.0 Å². The molecular weight excluding hydrogens is 238 g/mol. The lowest BCUT2D eigenvalue weighted by molar-refractivity contribution is -0.116. The fraction of sp³-hybridized carbons (Fsp3) is 0.533. The van der Waals surface area contributed by atoms with Crippen molar-refractivity contribution in [1.29, 1.82) is 0 Å². The second-order valence-corrected chi connectivity index (χ2v) is 5.39. The molecule has 0 spiro atoms. The molecule has 0 aliphatic rings. The third-order valence-electron chi connectivity index (χ3n) is 2.93. The van der Waals surface area contributed by atoms with Crippen LogP contribution in [0.25, 0.3) is 0 Å². The normalized spacial score (nSPS) is 11.1. The Kier molecular flexibility index (Phi) is 5.83. The quantitative estimate of drug-likeness (QED) is 0.789. The van der Waals surface area contributed by atoms with Crippen molar-refractivity contribution in [3.63, 3.8) is 0 Å². The molecule has 19 heavy (non-hydrogen) atoms. The van der Waals surface area contributed by atoms with E-state index >= 15 is 0 Å². The number of hydrogen-bond donors (Lipinski definition) is 2. The molecule has 1 rings (SSSR count). The molecule has 1 aromatic rings. The molecule has 0 radical (unpaired) electrons. The van der Waals surface area contributed by atoms with E-state index in [1.807, 2.05) is 17.0 Å². The van der Waals surface area contributed by atoms with Crippen molar-refractivity contribution in [2.75, 3.05) is 11.4 Å². The van der Waals surface area contributed by atoms with E-state index in [1.54, 1.807) is 0 Å². The molecular formula is C15H25N3O. The predicted octanol–water partition coefficient (Wildman–Crippen LogP) is 1.88. The first kappa shape index (κ1) is 15.5. The Morgan fingerprint density at radius 3 is 2.21 bits per heavy atom. The molecule has 4 nitrogen and oxygen atoms in total. The summed E-state index contributed by atoms with van der Waals surface area (Å²) in [5.41, 5.74) is 7.55. The molecule has 0 heterocycles. The van der Waals surface area contributed by atoms with E-state index < -0.39 is 0 Å². The Labute approximate surface area is 116 Å². The molecule has 0 aliphatic carbocycles. The number of primary amides is 1. The second kappa shape index (κ2) is 7.14. The Hall–Kier alpha value is -1.55. The molecule has 0 aliphatic heterocycles. The molecule has 4 heteroatoms. The van der Waals surface area contributed by atoms with Crippen molar-refractivity contribution in [3.8, 4) is 0 Å². The van der Waals surface area contributed by atoms with Gasteiger partial charge in [0, 0.05) is 24.3 Å². The third-order valence-corrected chi connectivity index (χ3v) is 2.93. The van der Waals surface area contributed by atoms with Crippen LogP contribution in [-0.2, 0) is 11.3 Å². The lowest BCUT2D eigenvalue weighted by Crippen LogP contribution is -2.38. The molecule has 0 aromatic heterocycles. The van der Waals surface area contributed by atoms with Gasteiger partial charge in [-0.15, -0.1) is 0 Å². The lowest BCUT2D eigenvalue weighted by atomic mass is 10.1. The summed E-state index contributed by atoms with van der Waals surface area (Å²) in [4.78, 5) is 13.1. The molecule has 0 unspecified atom stereocenters. The zero-order chi connectivity index (χ0) is 14.4.